The monoisotopic (exact) mass is 981 g/mol. The molecule has 0 aliphatic carbocycles. The number of rotatable bonds is 51. The first kappa shape index (κ1) is 65.4. The maximum Gasteiger partial charge on any atom is 0.472 e. The van der Waals surface area contributed by atoms with Crippen LogP contribution in [0.15, 0.2) is 48.6 Å². The molecule has 0 bridgehead atoms. The Kier molecular flexibility index (Phi) is 48.9. The zero-order chi connectivity index (χ0) is 49.9. The number of esters is 3. The summed E-state index contributed by atoms with van der Waals surface area (Å²) < 4.78 is 39.4. The standard InChI is InChI=1S/C56H101O11P/c1-4-7-10-13-16-19-22-25-26-29-30-33-36-39-42-45-54(58)63-49-53(67-56(60)47-44-41-38-35-32-28-24-21-18-15-12-9-6-3)51-65-68(61,62)64-50-52(48-57)66-55(59)46-43-40-37-34-31-27-23-20-17-14-11-8-5-2/h12,15,20-21,23-26,52-53,57H,4-11,13-14,16-19,22,27-51H2,1-3H3,(H,61,62)/b15-12-,23-20-,24-21-,26-25-. The van der Waals surface area contributed by atoms with Gasteiger partial charge in [0.05, 0.1) is 19.8 Å². The van der Waals surface area contributed by atoms with E-state index in [9.17, 15) is 28.9 Å². The van der Waals surface area contributed by atoms with Crippen LogP contribution in [0.1, 0.15) is 252 Å². The third kappa shape index (κ3) is 48.5. The van der Waals surface area contributed by atoms with Gasteiger partial charge in [-0.05, 0) is 96.3 Å². The summed E-state index contributed by atoms with van der Waals surface area (Å²) >= 11 is 0. The van der Waals surface area contributed by atoms with E-state index in [4.69, 9.17) is 23.3 Å². The number of carbonyl (C=O) groups excluding carboxylic acids is 3. The lowest BCUT2D eigenvalue weighted by molar-refractivity contribution is -0.161. The van der Waals surface area contributed by atoms with Gasteiger partial charge in [0.15, 0.2) is 6.10 Å². The molecule has 2 N–H and O–H groups in total. The fraction of sp³-hybridized carbons (Fsp3) is 0.804. The summed E-state index contributed by atoms with van der Waals surface area (Å²) in [6.45, 7) is 4.53. The topological polar surface area (TPSA) is 155 Å². The molecule has 0 aliphatic rings. The number of unbranched alkanes of at least 4 members (excludes halogenated alkanes) is 26. The van der Waals surface area contributed by atoms with Crippen LogP contribution >= 0.6 is 7.82 Å². The number of hydrogen-bond acceptors (Lipinski definition) is 10. The van der Waals surface area contributed by atoms with Gasteiger partial charge in [0.1, 0.15) is 12.7 Å². The SMILES string of the molecule is CCC/C=C\C/C=C\CCCCCCCC(=O)OC(COC(=O)CCCCCCC/C=C\CCCCCCCC)COP(=O)(O)OCC(CO)OC(=O)CCCCCCC/C=C\CCCCCC. The van der Waals surface area contributed by atoms with E-state index in [0.29, 0.717) is 19.3 Å². The van der Waals surface area contributed by atoms with Crippen LogP contribution in [-0.4, -0.2) is 66.5 Å². The summed E-state index contributed by atoms with van der Waals surface area (Å²) in [6, 6.07) is 0. The highest BCUT2D eigenvalue weighted by Crippen LogP contribution is 2.43. The number of allylic oxidation sites excluding steroid dienone is 8. The fourth-order valence-electron chi connectivity index (χ4n) is 7.44. The number of hydrogen-bond donors (Lipinski definition) is 2. The molecule has 11 nitrogen and oxygen atoms in total. The Labute approximate surface area is 415 Å². The molecule has 0 aliphatic heterocycles. The van der Waals surface area contributed by atoms with Gasteiger partial charge in [-0.2, -0.15) is 0 Å². The normalized spacial score (nSPS) is 13.8. The average molecular weight is 981 g/mol. The summed E-state index contributed by atoms with van der Waals surface area (Å²) in [4.78, 5) is 48.4. The second kappa shape index (κ2) is 50.8. The fourth-order valence-corrected chi connectivity index (χ4v) is 8.23. The van der Waals surface area contributed by atoms with Gasteiger partial charge in [-0.15, -0.1) is 0 Å². The first-order chi connectivity index (χ1) is 33.2. The Hall–Kier alpha value is -2.56. The molecule has 12 heteroatoms. The minimum atomic E-state index is -4.75. The Morgan fingerprint density at radius 1 is 0.412 bits per heavy atom. The number of ether oxygens (including phenoxy) is 3. The summed E-state index contributed by atoms with van der Waals surface area (Å²) in [6.07, 6.45) is 52.1. The van der Waals surface area contributed by atoms with Crippen molar-refractivity contribution in [3.05, 3.63) is 48.6 Å². The Balaban J connectivity index is 4.74. The van der Waals surface area contributed by atoms with Crippen molar-refractivity contribution >= 4 is 25.7 Å². The molecule has 0 spiro atoms. The van der Waals surface area contributed by atoms with Crippen LogP contribution in [-0.2, 0) is 42.2 Å². The van der Waals surface area contributed by atoms with Gasteiger partial charge in [0.2, 0.25) is 0 Å². The van der Waals surface area contributed by atoms with Gasteiger partial charge in [-0.25, -0.2) is 4.57 Å². The van der Waals surface area contributed by atoms with Crippen LogP contribution in [0.4, 0.5) is 0 Å². The van der Waals surface area contributed by atoms with Crippen molar-refractivity contribution in [2.24, 2.45) is 0 Å². The summed E-state index contributed by atoms with van der Waals surface area (Å²) in [5.41, 5.74) is 0. The van der Waals surface area contributed by atoms with E-state index in [-0.39, 0.29) is 25.9 Å². The van der Waals surface area contributed by atoms with Gasteiger partial charge >= 0.3 is 25.7 Å². The van der Waals surface area contributed by atoms with Crippen LogP contribution in [0.5, 0.6) is 0 Å². The van der Waals surface area contributed by atoms with E-state index in [1.807, 2.05) is 0 Å². The summed E-state index contributed by atoms with van der Waals surface area (Å²) in [5.74, 6) is -1.49. The second-order valence-corrected chi connectivity index (χ2v) is 19.8. The Morgan fingerprint density at radius 3 is 1.18 bits per heavy atom. The van der Waals surface area contributed by atoms with Crippen molar-refractivity contribution in [2.45, 2.75) is 264 Å². The molecule has 0 rings (SSSR count). The van der Waals surface area contributed by atoms with Crippen molar-refractivity contribution in [3.63, 3.8) is 0 Å². The lowest BCUT2D eigenvalue weighted by Gasteiger charge is -2.21. The molecule has 3 unspecified atom stereocenters. The van der Waals surface area contributed by atoms with Gasteiger partial charge < -0.3 is 24.2 Å². The molecule has 3 atom stereocenters. The lowest BCUT2D eigenvalue weighted by Crippen LogP contribution is -2.30. The molecule has 68 heavy (non-hydrogen) atoms. The van der Waals surface area contributed by atoms with Gasteiger partial charge in [-0.3, -0.25) is 23.4 Å². The molecule has 0 saturated heterocycles. The largest absolute Gasteiger partial charge is 0.472 e. The van der Waals surface area contributed by atoms with Crippen LogP contribution in [0.25, 0.3) is 0 Å². The molecule has 0 aromatic rings. The molecule has 0 fully saturated rings. The predicted molar refractivity (Wildman–Crippen MR) is 279 cm³/mol. The minimum Gasteiger partial charge on any atom is -0.462 e. The van der Waals surface area contributed by atoms with E-state index in [1.165, 1.54) is 64.2 Å². The van der Waals surface area contributed by atoms with Crippen LogP contribution < -0.4 is 0 Å². The summed E-state index contributed by atoms with van der Waals surface area (Å²) in [7, 11) is -4.75. The van der Waals surface area contributed by atoms with E-state index >= 15 is 0 Å². The number of aliphatic hydroxyl groups is 1. The van der Waals surface area contributed by atoms with E-state index < -0.39 is 57.8 Å². The van der Waals surface area contributed by atoms with Crippen molar-refractivity contribution in [3.8, 4) is 0 Å². The molecule has 0 radical (unpaired) electrons. The third-order valence-corrected chi connectivity index (χ3v) is 12.6. The van der Waals surface area contributed by atoms with Crippen molar-refractivity contribution in [1.29, 1.82) is 0 Å². The number of aliphatic hydroxyl groups excluding tert-OH is 1. The zero-order valence-corrected chi connectivity index (χ0v) is 44.5. The molecule has 0 aromatic carbocycles. The highest BCUT2D eigenvalue weighted by atomic mass is 31.2. The lowest BCUT2D eigenvalue weighted by atomic mass is 10.1. The molecule has 0 heterocycles. The zero-order valence-electron chi connectivity index (χ0n) is 43.6. The van der Waals surface area contributed by atoms with Gasteiger partial charge in [0.25, 0.3) is 0 Å². The minimum absolute atomic E-state index is 0.150. The highest BCUT2D eigenvalue weighted by molar-refractivity contribution is 7.47. The third-order valence-electron chi connectivity index (χ3n) is 11.7. The molecule has 0 aromatic heterocycles. The van der Waals surface area contributed by atoms with Crippen LogP contribution in [0.2, 0.25) is 0 Å². The van der Waals surface area contributed by atoms with Crippen LogP contribution in [0, 0.1) is 0 Å². The van der Waals surface area contributed by atoms with Crippen molar-refractivity contribution < 1.29 is 52.2 Å². The van der Waals surface area contributed by atoms with E-state index in [0.717, 1.165) is 128 Å². The number of phosphoric ester groups is 1. The maximum absolute atomic E-state index is 12.9. The Morgan fingerprint density at radius 2 is 0.750 bits per heavy atom. The number of phosphoric acid groups is 1. The predicted octanol–water partition coefficient (Wildman–Crippen LogP) is 15.8. The van der Waals surface area contributed by atoms with Crippen LogP contribution in [0.3, 0.4) is 0 Å². The van der Waals surface area contributed by atoms with Gasteiger partial charge in [-0.1, -0.05) is 185 Å². The quantitative estimate of drug-likeness (QED) is 0.0197. The first-order valence-corrected chi connectivity index (χ1v) is 29.0. The van der Waals surface area contributed by atoms with Crippen molar-refractivity contribution in [2.75, 3.05) is 26.4 Å². The molecule has 0 saturated carbocycles. The molecule has 0 amide bonds. The first-order valence-electron chi connectivity index (χ1n) is 27.5. The highest BCUT2D eigenvalue weighted by Gasteiger charge is 2.28. The molecular weight excluding hydrogens is 880 g/mol. The smallest absolute Gasteiger partial charge is 0.462 e. The summed E-state index contributed by atoms with van der Waals surface area (Å²) in [5, 5.41) is 9.78. The van der Waals surface area contributed by atoms with Gasteiger partial charge in [0, 0.05) is 19.3 Å². The molecule has 396 valence electrons. The van der Waals surface area contributed by atoms with E-state index in [1.54, 1.807) is 0 Å². The van der Waals surface area contributed by atoms with E-state index in [2.05, 4.69) is 69.4 Å². The maximum atomic E-state index is 12.9. The van der Waals surface area contributed by atoms with Crippen molar-refractivity contribution in [1.82, 2.24) is 0 Å². The average Bonchev–Trinajstić information content (AvgIpc) is 3.32. The molecular formula is C56H101O11P. The number of carbonyl (C=O) groups is 3. The second-order valence-electron chi connectivity index (χ2n) is 18.4. The Bertz CT molecular complexity index is 1330.